The number of piperidine rings is 1. The fraction of sp³-hybridized carbons (Fsp3) is 0.846. The highest BCUT2D eigenvalue weighted by atomic mass is 16.2. The number of hydrogen-bond acceptors (Lipinski definition) is 3. The van der Waals surface area contributed by atoms with Gasteiger partial charge in [0.2, 0.25) is 11.8 Å². The van der Waals surface area contributed by atoms with Crippen LogP contribution < -0.4 is 11.1 Å². The molecule has 5 nitrogen and oxygen atoms in total. The molecule has 1 heterocycles. The number of nitrogens with two attached hydrogens (primary N) is 1. The number of rotatable bonds is 5. The first-order chi connectivity index (χ1) is 8.58. The molecule has 0 aromatic carbocycles. The second kappa shape index (κ2) is 5.69. The predicted molar refractivity (Wildman–Crippen MR) is 68.7 cm³/mol. The highest BCUT2D eigenvalue weighted by Gasteiger charge is 2.31. The van der Waals surface area contributed by atoms with Gasteiger partial charge in [0.25, 0.3) is 0 Å². The van der Waals surface area contributed by atoms with E-state index in [1.54, 1.807) is 4.90 Å². The molecule has 102 valence electrons. The summed E-state index contributed by atoms with van der Waals surface area (Å²) in [6, 6.07) is 0.218. The minimum absolute atomic E-state index is 0.0918. The van der Waals surface area contributed by atoms with Crippen LogP contribution >= 0.6 is 0 Å². The number of nitrogens with one attached hydrogen (secondary N) is 1. The quantitative estimate of drug-likeness (QED) is 0.729. The molecule has 0 radical (unpaired) electrons. The lowest BCUT2D eigenvalue weighted by molar-refractivity contribution is -0.136. The topological polar surface area (TPSA) is 75.4 Å². The summed E-state index contributed by atoms with van der Waals surface area (Å²) < 4.78 is 0. The first-order valence-corrected chi connectivity index (χ1v) is 6.87. The van der Waals surface area contributed by atoms with Crippen LogP contribution in [0.25, 0.3) is 0 Å². The molecule has 0 bridgehead atoms. The second-order valence-corrected chi connectivity index (χ2v) is 5.65. The lowest BCUT2D eigenvalue weighted by atomic mass is 9.93. The van der Waals surface area contributed by atoms with Crippen LogP contribution in [0.1, 0.15) is 32.6 Å². The molecule has 2 unspecified atom stereocenters. The third kappa shape index (κ3) is 3.45. The number of amides is 2. The van der Waals surface area contributed by atoms with Crippen molar-refractivity contribution < 1.29 is 9.59 Å². The lowest BCUT2D eigenvalue weighted by Crippen LogP contribution is -2.51. The fourth-order valence-electron chi connectivity index (χ4n) is 2.49. The molecule has 0 aromatic heterocycles. The van der Waals surface area contributed by atoms with Gasteiger partial charge in [-0.15, -0.1) is 0 Å². The maximum atomic E-state index is 12.1. The summed E-state index contributed by atoms with van der Waals surface area (Å²) in [5.41, 5.74) is 5.33. The normalized spacial score (nSPS) is 28.2. The molecule has 0 spiro atoms. The highest BCUT2D eigenvalue weighted by molar-refractivity contribution is 5.81. The van der Waals surface area contributed by atoms with Crippen LogP contribution in [0.3, 0.4) is 0 Å². The number of likely N-dealkylation sites (tertiary alicyclic amines) is 1. The average Bonchev–Trinajstić information content (AvgIpc) is 3.13. The summed E-state index contributed by atoms with van der Waals surface area (Å²) in [6.07, 6.45) is 4.23. The van der Waals surface area contributed by atoms with Gasteiger partial charge in [0.1, 0.15) is 0 Å². The van der Waals surface area contributed by atoms with Gasteiger partial charge < -0.3 is 16.0 Å². The van der Waals surface area contributed by atoms with Crippen molar-refractivity contribution in [3.05, 3.63) is 0 Å². The Morgan fingerprint density at radius 2 is 2.00 bits per heavy atom. The van der Waals surface area contributed by atoms with Gasteiger partial charge in [-0.1, -0.05) is 0 Å². The zero-order chi connectivity index (χ0) is 13.1. The van der Waals surface area contributed by atoms with E-state index in [0.717, 1.165) is 25.3 Å². The van der Waals surface area contributed by atoms with Crippen molar-refractivity contribution in [2.24, 2.45) is 17.6 Å². The molecule has 1 aliphatic heterocycles. The predicted octanol–water partition coefficient (Wildman–Crippen LogP) is 0.0984. The van der Waals surface area contributed by atoms with E-state index in [2.05, 4.69) is 5.32 Å². The van der Waals surface area contributed by atoms with E-state index in [1.807, 2.05) is 6.92 Å². The van der Waals surface area contributed by atoms with Gasteiger partial charge in [0.15, 0.2) is 0 Å². The molecule has 2 atom stereocenters. The lowest BCUT2D eigenvalue weighted by Gasteiger charge is -2.37. The summed E-state index contributed by atoms with van der Waals surface area (Å²) in [6.45, 7) is 3.84. The summed E-state index contributed by atoms with van der Waals surface area (Å²) in [4.78, 5) is 25.1. The van der Waals surface area contributed by atoms with Crippen molar-refractivity contribution in [1.82, 2.24) is 10.2 Å². The molecule has 2 aliphatic rings. The van der Waals surface area contributed by atoms with Gasteiger partial charge in [0, 0.05) is 12.6 Å². The number of carbonyl (C=O) groups excluding carboxylic acids is 2. The van der Waals surface area contributed by atoms with Crippen molar-refractivity contribution in [3.63, 3.8) is 0 Å². The summed E-state index contributed by atoms with van der Waals surface area (Å²) >= 11 is 0. The molecule has 1 saturated heterocycles. The van der Waals surface area contributed by atoms with E-state index < -0.39 is 0 Å². The molecule has 3 N–H and O–H groups in total. The highest BCUT2D eigenvalue weighted by Crippen LogP contribution is 2.27. The minimum Gasteiger partial charge on any atom is -0.369 e. The smallest absolute Gasteiger partial charge is 0.236 e. The van der Waals surface area contributed by atoms with Gasteiger partial charge in [-0.2, -0.15) is 0 Å². The van der Waals surface area contributed by atoms with E-state index >= 15 is 0 Å². The van der Waals surface area contributed by atoms with Crippen LogP contribution in [0.15, 0.2) is 0 Å². The van der Waals surface area contributed by atoms with Crippen molar-refractivity contribution in [2.75, 3.05) is 19.6 Å². The van der Waals surface area contributed by atoms with Gasteiger partial charge in [0.05, 0.1) is 12.5 Å². The van der Waals surface area contributed by atoms with E-state index in [-0.39, 0.29) is 23.8 Å². The van der Waals surface area contributed by atoms with Crippen LogP contribution in [-0.4, -0.2) is 42.4 Å². The van der Waals surface area contributed by atoms with Gasteiger partial charge in [-0.05, 0) is 45.1 Å². The van der Waals surface area contributed by atoms with Crippen molar-refractivity contribution in [1.29, 1.82) is 0 Å². The molecule has 2 amide bonds. The zero-order valence-corrected chi connectivity index (χ0v) is 11.0. The van der Waals surface area contributed by atoms with Crippen LogP contribution in [-0.2, 0) is 9.59 Å². The molecular formula is C13H23N3O2. The third-order valence-electron chi connectivity index (χ3n) is 4.01. The Bertz CT molecular complexity index is 328. The minimum atomic E-state index is -0.286. The Labute approximate surface area is 108 Å². The van der Waals surface area contributed by atoms with Gasteiger partial charge in [-0.25, -0.2) is 0 Å². The second-order valence-electron chi connectivity index (χ2n) is 5.65. The number of hydrogen-bond donors (Lipinski definition) is 2. The molecule has 2 rings (SSSR count). The summed E-state index contributed by atoms with van der Waals surface area (Å²) in [7, 11) is 0. The van der Waals surface area contributed by atoms with E-state index in [9.17, 15) is 9.59 Å². The number of nitrogens with zero attached hydrogens (tertiary/aromatic N) is 1. The monoisotopic (exact) mass is 253 g/mol. The van der Waals surface area contributed by atoms with E-state index in [0.29, 0.717) is 13.1 Å². The maximum Gasteiger partial charge on any atom is 0.236 e. The van der Waals surface area contributed by atoms with E-state index in [4.69, 9.17) is 5.73 Å². The standard InChI is InChI=1S/C13H23N3O2/c1-9-2-5-11(13(14)18)8-16(9)12(17)7-15-6-10-3-4-10/h9-11,15H,2-8H2,1H3,(H2,14,18). The summed E-state index contributed by atoms with van der Waals surface area (Å²) in [5, 5.41) is 3.20. The molecule has 5 heteroatoms. The fourth-order valence-corrected chi connectivity index (χ4v) is 2.49. The number of primary amides is 1. The Balaban J connectivity index is 1.79. The molecule has 0 aromatic rings. The van der Waals surface area contributed by atoms with Crippen molar-refractivity contribution in [3.8, 4) is 0 Å². The van der Waals surface area contributed by atoms with Gasteiger partial charge in [-0.3, -0.25) is 9.59 Å². The maximum absolute atomic E-state index is 12.1. The SMILES string of the molecule is CC1CCC(C(N)=O)CN1C(=O)CNCC1CC1. The third-order valence-corrected chi connectivity index (χ3v) is 4.01. The van der Waals surface area contributed by atoms with Crippen LogP contribution in [0.2, 0.25) is 0 Å². The Morgan fingerprint density at radius 1 is 1.28 bits per heavy atom. The molecule has 18 heavy (non-hydrogen) atoms. The molecular weight excluding hydrogens is 230 g/mol. The molecule has 2 fully saturated rings. The Kier molecular flexibility index (Phi) is 4.22. The van der Waals surface area contributed by atoms with Crippen LogP contribution in [0.4, 0.5) is 0 Å². The first-order valence-electron chi connectivity index (χ1n) is 6.87. The van der Waals surface area contributed by atoms with Crippen LogP contribution in [0, 0.1) is 11.8 Å². The van der Waals surface area contributed by atoms with E-state index in [1.165, 1.54) is 12.8 Å². The number of carbonyl (C=O) groups is 2. The largest absolute Gasteiger partial charge is 0.369 e. The van der Waals surface area contributed by atoms with Crippen LogP contribution in [0.5, 0.6) is 0 Å². The Hall–Kier alpha value is -1.10. The summed E-state index contributed by atoms with van der Waals surface area (Å²) in [5.74, 6) is 0.406. The van der Waals surface area contributed by atoms with Gasteiger partial charge >= 0.3 is 0 Å². The van der Waals surface area contributed by atoms with Crippen molar-refractivity contribution in [2.45, 2.75) is 38.6 Å². The Morgan fingerprint density at radius 3 is 2.61 bits per heavy atom. The molecule has 1 aliphatic carbocycles. The molecule has 1 saturated carbocycles. The van der Waals surface area contributed by atoms with Crippen molar-refractivity contribution >= 4 is 11.8 Å². The first kappa shape index (κ1) is 13.3. The average molecular weight is 253 g/mol. The zero-order valence-electron chi connectivity index (χ0n) is 11.0.